The molecule has 27 heavy (non-hydrogen) atoms. The Morgan fingerprint density at radius 3 is 2.22 bits per heavy atom. The lowest BCUT2D eigenvalue weighted by Gasteiger charge is -2.18. The fourth-order valence-electron chi connectivity index (χ4n) is 2.50. The molecule has 0 unspecified atom stereocenters. The van der Waals surface area contributed by atoms with Crippen molar-refractivity contribution in [2.24, 2.45) is 0 Å². The second-order valence-corrected chi connectivity index (χ2v) is 7.74. The van der Waals surface area contributed by atoms with Gasteiger partial charge < -0.3 is 14.6 Å². The summed E-state index contributed by atoms with van der Waals surface area (Å²) in [5, 5.41) is 2.64. The van der Waals surface area contributed by atoms with E-state index in [1.54, 1.807) is 19.9 Å². The number of benzene rings is 1. The molecule has 0 saturated heterocycles. The molecule has 146 valence electrons. The first-order valence-electron chi connectivity index (χ1n) is 8.48. The van der Waals surface area contributed by atoms with Gasteiger partial charge in [0.1, 0.15) is 0 Å². The van der Waals surface area contributed by atoms with E-state index in [1.807, 2.05) is 0 Å². The predicted molar refractivity (Wildman–Crippen MR) is 101 cm³/mol. The number of sulfonamides is 1. The van der Waals surface area contributed by atoms with E-state index in [0.717, 1.165) is 0 Å². The topological polar surface area (TPSA) is 99.9 Å². The van der Waals surface area contributed by atoms with Crippen LogP contribution in [0, 0.1) is 0 Å². The monoisotopic (exact) mass is 393 g/mol. The molecule has 2 rings (SSSR count). The van der Waals surface area contributed by atoms with Crippen LogP contribution >= 0.6 is 0 Å². The Morgan fingerprint density at radius 1 is 1.07 bits per heavy atom. The summed E-state index contributed by atoms with van der Waals surface area (Å²) in [5.74, 6) is -0.663. The summed E-state index contributed by atoms with van der Waals surface area (Å²) in [6.07, 6.45) is 1.38. The molecule has 0 aliphatic carbocycles. The zero-order valence-corrected chi connectivity index (χ0v) is 16.3. The number of carbonyl (C=O) groups excluding carboxylic acids is 2. The molecule has 0 aliphatic rings. The number of rotatable bonds is 8. The average molecular weight is 393 g/mol. The van der Waals surface area contributed by atoms with Crippen LogP contribution in [-0.4, -0.2) is 56.1 Å². The first-order chi connectivity index (χ1) is 12.8. The normalized spacial score (nSPS) is 11.4. The lowest BCUT2D eigenvalue weighted by molar-refractivity contribution is -0.116. The third-order valence-electron chi connectivity index (χ3n) is 3.94. The molecule has 8 nitrogen and oxygen atoms in total. The van der Waals surface area contributed by atoms with Gasteiger partial charge >= 0.3 is 0 Å². The van der Waals surface area contributed by atoms with E-state index in [1.165, 1.54) is 52.8 Å². The predicted octanol–water partition coefficient (Wildman–Crippen LogP) is 2.02. The molecule has 2 amide bonds. The van der Waals surface area contributed by atoms with Crippen LogP contribution in [0.2, 0.25) is 0 Å². The van der Waals surface area contributed by atoms with Gasteiger partial charge in [-0.2, -0.15) is 4.31 Å². The highest BCUT2D eigenvalue weighted by molar-refractivity contribution is 7.89. The molecular weight excluding hydrogens is 370 g/mol. The standard InChI is InChI=1S/C18H23N3O5S/c1-4-21(5-2)27(24,25)15-10-8-14(9-11-15)19-17(22)13-20(3)18(23)16-7-6-12-26-16/h6-12H,4-5,13H2,1-3H3,(H,19,22). The Balaban J connectivity index is 2.00. The SMILES string of the molecule is CCN(CC)S(=O)(=O)c1ccc(NC(=O)CN(C)C(=O)c2ccco2)cc1. The average Bonchev–Trinajstić information content (AvgIpc) is 3.16. The molecule has 1 aromatic heterocycles. The molecule has 9 heteroatoms. The molecular formula is C18H23N3O5S. The van der Waals surface area contributed by atoms with E-state index < -0.39 is 21.8 Å². The van der Waals surface area contributed by atoms with E-state index in [9.17, 15) is 18.0 Å². The number of amides is 2. The van der Waals surface area contributed by atoms with Crippen LogP contribution in [0.15, 0.2) is 52.0 Å². The summed E-state index contributed by atoms with van der Waals surface area (Å²) in [6, 6.07) is 9.04. The molecule has 1 heterocycles. The fourth-order valence-corrected chi connectivity index (χ4v) is 3.96. The van der Waals surface area contributed by atoms with Gasteiger partial charge in [-0.25, -0.2) is 8.42 Å². The van der Waals surface area contributed by atoms with Crippen LogP contribution in [0.1, 0.15) is 24.4 Å². The lowest BCUT2D eigenvalue weighted by Crippen LogP contribution is -2.34. The Kier molecular flexibility index (Phi) is 6.75. The maximum absolute atomic E-state index is 12.4. The van der Waals surface area contributed by atoms with Crippen molar-refractivity contribution in [3.63, 3.8) is 0 Å². The van der Waals surface area contributed by atoms with Crippen molar-refractivity contribution in [3.05, 3.63) is 48.4 Å². The first-order valence-corrected chi connectivity index (χ1v) is 9.92. The highest BCUT2D eigenvalue weighted by Gasteiger charge is 2.21. The number of nitrogens with zero attached hydrogens (tertiary/aromatic N) is 2. The third-order valence-corrected chi connectivity index (χ3v) is 6.00. The highest BCUT2D eigenvalue weighted by atomic mass is 32.2. The summed E-state index contributed by atoms with van der Waals surface area (Å²) in [7, 11) is -2.05. The Morgan fingerprint density at radius 2 is 1.70 bits per heavy atom. The van der Waals surface area contributed by atoms with Gasteiger partial charge in [0, 0.05) is 25.8 Å². The van der Waals surface area contributed by atoms with Crippen molar-refractivity contribution in [1.29, 1.82) is 0 Å². The van der Waals surface area contributed by atoms with Crippen LogP contribution in [-0.2, 0) is 14.8 Å². The van der Waals surface area contributed by atoms with Crippen molar-refractivity contribution < 1.29 is 22.4 Å². The summed E-state index contributed by atoms with van der Waals surface area (Å²) >= 11 is 0. The van der Waals surface area contributed by atoms with Gasteiger partial charge in [-0.1, -0.05) is 13.8 Å². The van der Waals surface area contributed by atoms with Gasteiger partial charge in [-0.3, -0.25) is 9.59 Å². The van der Waals surface area contributed by atoms with Crippen LogP contribution in [0.5, 0.6) is 0 Å². The minimum Gasteiger partial charge on any atom is -0.459 e. The van der Waals surface area contributed by atoms with Gasteiger partial charge in [-0.15, -0.1) is 0 Å². The van der Waals surface area contributed by atoms with E-state index in [0.29, 0.717) is 18.8 Å². The molecule has 0 saturated carbocycles. The summed E-state index contributed by atoms with van der Waals surface area (Å²) in [5.41, 5.74) is 0.442. The minimum absolute atomic E-state index is 0.149. The zero-order valence-electron chi connectivity index (χ0n) is 15.5. The van der Waals surface area contributed by atoms with E-state index in [-0.39, 0.29) is 17.2 Å². The van der Waals surface area contributed by atoms with E-state index >= 15 is 0 Å². The second kappa shape index (κ2) is 8.83. The summed E-state index contributed by atoms with van der Waals surface area (Å²) < 4.78 is 31.3. The molecule has 2 aromatic rings. The van der Waals surface area contributed by atoms with E-state index in [2.05, 4.69) is 5.32 Å². The van der Waals surface area contributed by atoms with Crippen LogP contribution < -0.4 is 5.32 Å². The maximum Gasteiger partial charge on any atom is 0.289 e. The largest absolute Gasteiger partial charge is 0.459 e. The lowest BCUT2D eigenvalue weighted by atomic mass is 10.3. The fraction of sp³-hybridized carbons (Fsp3) is 0.333. The van der Waals surface area contributed by atoms with Crippen molar-refractivity contribution in [3.8, 4) is 0 Å². The molecule has 0 spiro atoms. The number of furan rings is 1. The minimum atomic E-state index is -3.54. The van der Waals surface area contributed by atoms with Crippen molar-refractivity contribution in [1.82, 2.24) is 9.21 Å². The maximum atomic E-state index is 12.4. The quantitative estimate of drug-likeness (QED) is 0.740. The van der Waals surface area contributed by atoms with Crippen LogP contribution in [0.4, 0.5) is 5.69 Å². The Bertz CT molecular complexity index is 872. The number of hydrogen-bond donors (Lipinski definition) is 1. The third kappa shape index (κ3) is 4.95. The molecule has 1 aromatic carbocycles. The molecule has 0 radical (unpaired) electrons. The van der Waals surface area contributed by atoms with Gasteiger partial charge in [0.2, 0.25) is 15.9 Å². The molecule has 1 N–H and O–H groups in total. The second-order valence-electron chi connectivity index (χ2n) is 5.80. The van der Waals surface area contributed by atoms with Crippen LogP contribution in [0.3, 0.4) is 0 Å². The Hall–Kier alpha value is -2.65. The molecule has 0 aliphatic heterocycles. The van der Waals surface area contributed by atoms with Gasteiger partial charge in [0.05, 0.1) is 17.7 Å². The van der Waals surface area contributed by atoms with Gasteiger partial charge in [-0.05, 0) is 36.4 Å². The Labute approximate surface area is 158 Å². The van der Waals surface area contributed by atoms with Gasteiger partial charge in [0.15, 0.2) is 5.76 Å². The van der Waals surface area contributed by atoms with Crippen molar-refractivity contribution in [2.45, 2.75) is 18.7 Å². The molecule has 0 atom stereocenters. The number of nitrogens with one attached hydrogen (secondary N) is 1. The number of likely N-dealkylation sites (N-methyl/N-ethyl adjacent to an activating group) is 1. The van der Waals surface area contributed by atoms with Crippen molar-refractivity contribution >= 4 is 27.5 Å². The smallest absolute Gasteiger partial charge is 0.289 e. The molecule has 0 bridgehead atoms. The van der Waals surface area contributed by atoms with Crippen LogP contribution in [0.25, 0.3) is 0 Å². The number of hydrogen-bond acceptors (Lipinski definition) is 5. The highest BCUT2D eigenvalue weighted by Crippen LogP contribution is 2.18. The number of anilines is 1. The summed E-state index contributed by atoms with van der Waals surface area (Å²) in [6.45, 7) is 4.14. The first kappa shape index (κ1) is 20.7. The van der Waals surface area contributed by atoms with E-state index in [4.69, 9.17) is 4.42 Å². The molecule has 0 fully saturated rings. The zero-order chi connectivity index (χ0) is 20.0. The summed E-state index contributed by atoms with van der Waals surface area (Å²) in [4.78, 5) is 25.6. The number of carbonyl (C=O) groups is 2. The van der Waals surface area contributed by atoms with Crippen molar-refractivity contribution in [2.75, 3.05) is 32.0 Å². The van der Waals surface area contributed by atoms with Gasteiger partial charge in [0.25, 0.3) is 5.91 Å².